The standard InChI is InChI=1S/C26H27ClN4O2/c1-3-4-5-8-15-28-26(32)23-16-22(20-9-6-7-10-24(20)33-2)29-25-17-21(30-31(23)25)18-11-13-19(27)14-12-18/h6-7,9-14,16-17H,3-5,8,15H2,1-2H3,(H,28,32). The summed E-state index contributed by atoms with van der Waals surface area (Å²) in [7, 11) is 1.62. The second kappa shape index (κ2) is 10.5. The molecular weight excluding hydrogens is 436 g/mol. The summed E-state index contributed by atoms with van der Waals surface area (Å²) in [4.78, 5) is 18.0. The number of unbranched alkanes of at least 4 members (excludes halogenated alkanes) is 3. The first kappa shape index (κ1) is 22.8. The number of hydrogen-bond donors (Lipinski definition) is 1. The molecule has 0 fully saturated rings. The summed E-state index contributed by atoms with van der Waals surface area (Å²) < 4.78 is 7.13. The van der Waals surface area contributed by atoms with Crippen LogP contribution in [0.25, 0.3) is 28.2 Å². The first-order valence-corrected chi connectivity index (χ1v) is 11.6. The number of benzene rings is 2. The van der Waals surface area contributed by atoms with Gasteiger partial charge in [0.1, 0.15) is 11.4 Å². The highest BCUT2D eigenvalue weighted by Gasteiger charge is 2.18. The number of halogens is 1. The van der Waals surface area contributed by atoms with Crippen molar-refractivity contribution in [1.29, 1.82) is 0 Å². The molecule has 1 amide bonds. The number of carbonyl (C=O) groups excluding carboxylic acids is 1. The molecule has 170 valence electrons. The molecular formula is C26H27ClN4O2. The lowest BCUT2D eigenvalue weighted by Gasteiger charge is -2.11. The number of amides is 1. The van der Waals surface area contributed by atoms with Gasteiger partial charge in [-0.15, -0.1) is 0 Å². The molecule has 0 saturated heterocycles. The van der Waals surface area contributed by atoms with E-state index in [1.54, 1.807) is 17.7 Å². The molecule has 1 N–H and O–H groups in total. The summed E-state index contributed by atoms with van der Waals surface area (Å²) in [6.45, 7) is 2.79. The summed E-state index contributed by atoms with van der Waals surface area (Å²) in [6.07, 6.45) is 4.36. The predicted molar refractivity (Wildman–Crippen MR) is 132 cm³/mol. The number of hydrogen-bond acceptors (Lipinski definition) is 4. The lowest BCUT2D eigenvalue weighted by atomic mass is 10.1. The summed E-state index contributed by atoms with van der Waals surface area (Å²) in [5.41, 5.74) is 4.09. The van der Waals surface area contributed by atoms with Crippen LogP contribution in [0.2, 0.25) is 5.02 Å². The highest BCUT2D eigenvalue weighted by atomic mass is 35.5. The highest BCUT2D eigenvalue weighted by Crippen LogP contribution is 2.30. The summed E-state index contributed by atoms with van der Waals surface area (Å²) in [6, 6.07) is 18.7. The zero-order valence-electron chi connectivity index (χ0n) is 18.8. The van der Waals surface area contributed by atoms with Crippen molar-refractivity contribution >= 4 is 23.2 Å². The zero-order valence-corrected chi connectivity index (χ0v) is 19.6. The minimum atomic E-state index is -0.180. The van der Waals surface area contributed by atoms with Crippen LogP contribution in [0.1, 0.15) is 43.1 Å². The first-order chi connectivity index (χ1) is 16.1. The number of carbonyl (C=O) groups is 1. The van der Waals surface area contributed by atoms with Crippen LogP contribution in [-0.2, 0) is 0 Å². The Hall–Kier alpha value is -3.38. The number of methoxy groups -OCH3 is 1. The van der Waals surface area contributed by atoms with Gasteiger partial charge in [0.15, 0.2) is 5.65 Å². The third-order valence-corrected chi connectivity index (χ3v) is 5.75. The molecule has 0 saturated carbocycles. The van der Waals surface area contributed by atoms with Gasteiger partial charge in [-0.05, 0) is 36.8 Å². The number of ether oxygens (including phenoxy) is 1. The average Bonchev–Trinajstić information content (AvgIpc) is 3.27. The van der Waals surface area contributed by atoms with E-state index in [1.165, 1.54) is 0 Å². The van der Waals surface area contributed by atoms with Crippen LogP contribution in [0, 0.1) is 0 Å². The molecule has 2 aromatic heterocycles. The molecule has 4 rings (SSSR count). The number of nitrogens with zero attached hydrogens (tertiary/aromatic N) is 3. The number of para-hydroxylation sites is 1. The van der Waals surface area contributed by atoms with Crippen molar-refractivity contribution in [3.8, 4) is 28.3 Å². The van der Waals surface area contributed by atoms with E-state index >= 15 is 0 Å². The first-order valence-electron chi connectivity index (χ1n) is 11.2. The smallest absolute Gasteiger partial charge is 0.270 e. The molecule has 0 aliphatic rings. The van der Waals surface area contributed by atoms with Crippen LogP contribution in [0.15, 0.2) is 60.7 Å². The SMILES string of the molecule is CCCCCCNC(=O)c1cc(-c2ccccc2OC)nc2cc(-c3ccc(Cl)cc3)nn12. The van der Waals surface area contributed by atoms with E-state index in [9.17, 15) is 4.79 Å². The second-order valence-electron chi connectivity index (χ2n) is 7.85. The predicted octanol–water partition coefficient (Wildman–Crippen LogP) is 6.04. The van der Waals surface area contributed by atoms with Gasteiger partial charge in [-0.3, -0.25) is 4.79 Å². The van der Waals surface area contributed by atoms with Crippen LogP contribution in [0.4, 0.5) is 0 Å². The molecule has 6 nitrogen and oxygen atoms in total. The van der Waals surface area contributed by atoms with Gasteiger partial charge in [0.2, 0.25) is 0 Å². The highest BCUT2D eigenvalue weighted by molar-refractivity contribution is 6.30. The minimum absolute atomic E-state index is 0.180. The van der Waals surface area contributed by atoms with Gasteiger partial charge in [0.05, 0.1) is 18.5 Å². The van der Waals surface area contributed by atoms with Crippen molar-refractivity contribution in [1.82, 2.24) is 19.9 Å². The largest absolute Gasteiger partial charge is 0.496 e. The summed E-state index contributed by atoms with van der Waals surface area (Å²) in [5.74, 6) is 0.513. The third-order valence-electron chi connectivity index (χ3n) is 5.50. The van der Waals surface area contributed by atoms with Gasteiger partial charge in [0, 0.05) is 28.8 Å². The van der Waals surface area contributed by atoms with Gasteiger partial charge in [-0.2, -0.15) is 5.10 Å². The second-order valence-corrected chi connectivity index (χ2v) is 8.29. The van der Waals surface area contributed by atoms with Gasteiger partial charge in [0.25, 0.3) is 5.91 Å². The van der Waals surface area contributed by atoms with E-state index in [1.807, 2.05) is 54.6 Å². The average molecular weight is 463 g/mol. The normalized spacial score (nSPS) is 11.0. The Morgan fingerprint density at radius 2 is 1.82 bits per heavy atom. The molecule has 0 aliphatic carbocycles. The zero-order chi connectivity index (χ0) is 23.2. The van der Waals surface area contributed by atoms with Gasteiger partial charge < -0.3 is 10.1 Å². The Morgan fingerprint density at radius 3 is 2.58 bits per heavy atom. The van der Waals surface area contributed by atoms with Crippen molar-refractivity contribution in [3.05, 3.63) is 71.4 Å². The fourth-order valence-electron chi connectivity index (χ4n) is 3.74. The van der Waals surface area contributed by atoms with E-state index in [0.717, 1.165) is 36.8 Å². The Bertz CT molecular complexity index is 1250. The Morgan fingerprint density at radius 1 is 1.03 bits per heavy atom. The van der Waals surface area contributed by atoms with E-state index in [0.29, 0.717) is 40.0 Å². The minimum Gasteiger partial charge on any atom is -0.496 e. The molecule has 7 heteroatoms. The molecule has 2 heterocycles. The number of fused-ring (bicyclic) bond motifs is 1. The van der Waals surface area contributed by atoms with Gasteiger partial charge >= 0.3 is 0 Å². The Labute approximate surface area is 198 Å². The molecule has 2 aromatic carbocycles. The lowest BCUT2D eigenvalue weighted by Crippen LogP contribution is -2.27. The van der Waals surface area contributed by atoms with Gasteiger partial charge in [-0.25, -0.2) is 9.50 Å². The molecule has 0 radical (unpaired) electrons. The maximum atomic E-state index is 13.2. The van der Waals surface area contributed by atoms with Crippen molar-refractivity contribution in [2.24, 2.45) is 0 Å². The van der Waals surface area contributed by atoms with Crippen molar-refractivity contribution < 1.29 is 9.53 Å². The lowest BCUT2D eigenvalue weighted by molar-refractivity contribution is 0.0945. The molecule has 4 aromatic rings. The van der Waals surface area contributed by atoms with Crippen LogP contribution >= 0.6 is 11.6 Å². The number of nitrogens with one attached hydrogen (secondary N) is 1. The van der Waals surface area contributed by atoms with E-state index in [-0.39, 0.29) is 5.91 Å². The van der Waals surface area contributed by atoms with Gasteiger partial charge in [-0.1, -0.05) is 62.1 Å². The quantitative estimate of drug-likeness (QED) is 0.308. The maximum Gasteiger partial charge on any atom is 0.270 e. The topological polar surface area (TPSA) is 68.5 Å². The van der Waals surface area contributed by atoms with E-state index in [2.05, 4.69) is 17.3 Å². The third kappa shape index (κ3) is 5.17. The summed E-state index contributed by atoms with van der Waals surface area (Å²) >= 11 is 6.04. The molecule has 0 aliphatic heterocycles. The fourth-order valence-corrected chi connectivity index (χ4v) is 3.86. The molecule has 33 heavy (non-hydrogen) atoms. The van der Waals surface area contributed by atoms with Crippen molar-refractivity contribution in [3.63, 3.8) is 0 Å². The number of rotatable bonds is 9. The van der Waals surface area contributed by atoms with E-state index < -0.39 is 0 Å². The van der Waals surface area contributed by atoms with Crippen LogP contribution in [0.3, 0.4) is 0 Å². The Balaban J connectivity index is 1.76. The van der Waals surface area contributed by atoms with Crippen molar-refractivity contribution in [2.45, 2.75) is 32.6 Å². The van der Waals surface area contributed by atoms with Crippen molar-refractivity contribution in [2.75, 3.05) is 13.7 Å². The van der Waals surface area contributed by atoms with Crippen LogP contribution in [-0.4, -0.2) is 34.2 Å². The molecule has 0 unspecified atom stereocenters. The molecule has 0 bridgehead atoms. The molecule has 0 atom stereocenters. The number of aromatic nitrogens is 3. The Kier molecular flexibility index (Phi) is 7.25. The molecule has 0 spiro atoms. The van der Waals surface area contributed by atoms with Crippen LogP contribution < -0.4 is 10.1 Å². The maximum absolute atomic E-state index is 13.2. The van der Waals surface area contributed by atoms with E-state index in [4.69, 9.17) is 21.3 Å². The monoisotopic (exact) mass is 462 g/mol. The fraction of sp³-hybridized carbons (Fsp3) is 0.269. The summed E-state index contributed by atoms with van der Waals surface area (Å²) in [5, 5.41) is 8.38. The van der Waals surface area contributed by atoms with Crippen LogP contribution in [0.5, 0.6) is 5.75 Å².